The van der Waals surface area contributed by atoms with E-state index in [0.717, 1.165) is 53.1 Å². The van der Waals surface area contributed by atoms with Crippen molar-refractivity contribution in [2.45, 2.75) is 123 Å². The van der Waals surface area contributed by atoms with Crippen LogP contribution < -0.4 is 16.7 Å². The van der Waals surface area contributed by atoms with Gasteiger partial charge in [-0.05, 0) is 35.4 Å². The number of carbonyl (C=O) groups excluding carboxylic acids is 2. The predicted octanol–water partition coefficient (Wildman–Crippen LogP) is 15.8. The van der Waals surface area contributed by atoms with E-state index in [-0.39, 0.29) is 25.2 Å². The summed E-state index contributed by atoms with van der Waals surface area (Å²) in [5.41, 5.74) is 6.62. The number of rotatable bonds is 14. The molecule has 6 aromatic rings. The SMILES string of the molecule is CC.CC(C)c1ccc(-c2ccccc2)cc1.CC1(OC(=O)COc2ccc([Te](Cl)(Cl)c3ccc(OCC(=O)OC4(C)C5CC6CC(C5)CC4C6)c(-c4ccccc4)c3)cc2-c2ccccc2)C2CC3CC(C2)CC1C3. The molecule has 0 aliphatic heterocycles. The summed E-state index contributed by atoms with van der Waals surface area (Å²) in [7, 11) is 15.1. The van der Waals surface area contributed by atoms with Gasteiger partial charge in [0.2, 0.25) is 0 Å². The topological polar surface area (TPSA) is 71.1 Å². The van der Waals surface area contributed by atoms with Crippen LogP contribution in [-0.2, 0) is 19.1 Å². The van der Waals surface area contributed by atoms with Crippen molar-refractivity contribution >= 4 is 53.0 Å². The first-order valence-corrected chi connectivity index (χ1v) is 36.4. The molecular weight excluding hydrogens is 1100 g/mol. The van der Waals surface area contributed by atoms with E-state index in [9.17, 15) is 9.59 Å². The van der Waals surface area contributed by atoms with Gasteiger partial charge < -0.3 is 0 Å². The van der Waals surface area contributed by atoms with Crippen molar-refractivity contribution in [2.24, 2.45) is 47.3 Å². The molecule has 8 saturated carbocycles. The van der Waals surface area contributed by atoms with E-state index in [1.54, 1.807) is 0 Å². The molecule has 0 saturated heterocycles. The number of carbonyl (C=O) groups is 2. The van der Waals surface area contributed by atoms with Crippen LogP contribution in [0.1, 0.15) is 117 Å². The van der Waals surface area contributed by atoms with Crippen molar-refractivity contribution in [1.82, 2.24) is 0 Å². The summed E-state index contributed by atoms with van der Waals surface area (Å²) in [6, 6.07) is 50.9. The maximum absolute atomic E-state index is 13.5. The molecule has 9 heteroatoms. The Hall–Kier alpha value is -4.77. The number of hydrogen-bond acceptors (Lipinski definition) is 6. The van der Waals surface area contributed by atoms with E-state index in [2.05, 4.69) is 76.2 Å². The summed E-state index contributed by atoms with van der Waals surface area (Å²) >= 11 is -4.08. The Morgan fingerprint density at radius 1 is 0.474 bits per heavy atom. The summed E-state index contributed by atoms with van der Waals surface area (Å²) < 4.78 is 26.9. The molecule has 0 unspecified atom stereocenters. The zero-order valence-electron chi connectivity index (χ0n) is 45.2. The average Bonchev–Trinajstić information content (AvgIpc) is 3.45. The van der Waals surface area contributed by atoms with Gasteiger partial charge in [0.05, 0.1) is 0 Å². The van der Waals surface area contributed by atoms with Gasteiger partial charge in [-0.3, -0.25) is 0 Å². The Labute approximate surface area is 463 Å². The van der Waals surface area contributed by atoms with Crippen LogP contribution in [0.15, 0.2) is 152 Å². The molecule has 0 N–H and O–H groups in total. The molecule has 0 atom stereocenters. The van der Waals surface area contributed by atoms with Crippen LogP contribution >= 0.6 is 17.9 Å². The maximum atomic E-state index is 13.5. The summed E-state index contributed by atoms with van der Waals surface area (Å²) in [4.78, 5) is 26.9. The second kappa shape index (κ2) is 23.3. The number of hydrogen-bond donors (Lipinski definition) is 0. The monoisotopic (exact) mass is 1180 g/mol. The van der Waals surface area contributed by atoms with Crippen LogP contribution in [0.25, 0.3) is 33.4 Å². The summed E-state index contributed by atoms with van der Waals surface area (Å²) in [6.07, 6.45) is 12.0. The van der Waals surface area contributed by atoms with E-state index in [4.69, 9.17) is 36.9 Å². The molecule has 0 amide bonds. The predicted molar refractivity (Wildman–Crippen MR) is 312 cm³/mol. The zero-order chi connectivity index (χ0) is 53.2. The molecule has 400 valence electrons. The number of halogens is 2. The van der Waals surface area contributed by atoms with Crippen molar-refractivity contribution in [2.75, 3.05) is 13.2 Å². The van der Waals surface area contributed by atoms with E-state index < -0.39 is 27.1 Å². The van der Waals surface area contributed by atoms with E-state index in [0.29, 0.717) is 41.1 Å². The van der Waals surface area contributed by atoms with Crippen molar-refractivity contribution < 1.29 is 28.5 Å². The molecule has 0 spiro atoms. The summed E-state index contributed by atoms with van der Waals surface area (Å²) in [5, 5.41) is 0. The van der Waals surface area contributed by atoms with Crippen molar-refractivity contribution in [3.63, 3.8) is 0 Å². The number of esters is 2. The van der Waals surface area contributed by atoms with Crippen molar-refractivity contribution in [1.29, 1.82) is 0 Å². The fraction of sp³-hybridized carbons (Fsp3) is 0.433. The van der Waals surface area contributed by atoms with Gasteiger partial charge >= 0.3 is 349 Å². The van der Waals surface area contributed by atoms with Crippen LogP contribution in [0, 0.1) is 47.3 Å². The molecule has 14 rings (SSSR count). The minimum atomic E-state index is -4.08. The molecule has 8 aliphatic rings. The van der Waals surface area contributed by atoms with Crippen molar-refractivity contribution in [3.8, 4) is 44.9 Å². The molecule has 0 radical (unpaired) electrons. The quantitative estimate of drug-likeness (QED) is 0.0799. The molecule has 0 heterocycles. The van der Waals surface area contributed by atoms with Gasteiger partial charge in [0, 0.05) is 0 Å². The molecule has 0 aromatic heterocycles. The molecule has 8 bridgehead atoms. The Morgan fingerprint density at radius 2 is 0.803 bits per heavy atom. The standard InChI is InChI=1S/C50H54Cl2O6Te.C15H16.C2H6/c1-49(37-19-31-17-32(21-37)22-38(49)20-31)57-47(53)29-55-45-15-13-41(27-43(45)35-9-5-3-6-10-35)59(51,52)42-14-16-46(44(28-42)36-11-7-4-8-12-36)56-30-48(54)58-50(2)39-23-33-18-34(25-39)26-40(50)24-33;1-12(2)13-8-10-15(11-9-13)14-6-4-3-5-7-14;1-2/h3-16,27-28,31-34,37-40H,17-26,29-30H2,1-2H3;3-12H,1-2H3;1-2H3. The molecule has 8 fully saturated rings. The van der Waals surface area contributed by atoms with Gasteiger partial charge in [-0.15, -0.1) is 0 Å². The number of ether oxygens (including phenoxy) is 4. The third kappa shape index (κ3) is 11.5. The average molecular weight is 1180 g/mol. The van der Waals surface area contributed by atoms with Gasteiger partial charge in [-0.25, -0.2) is 0 Å². The second-order valence-corrected chi connectivity index (χ2v) is 35.8. The number of benzene rings is 6. The molecule has 8 aliphatic carbocycles. The molecule has 6 nitrogen and oxygen atoms in total. The van der Waals surface area contributed by atoms with Gasteiger partial charge in [0.25, 0.3) is 0 Å². The Morgan fingerprint density at radius 3 is 1.14 bits per heavy atom. The first kappa shape index (κ1) is 54.6. The second-order valence-electron chi connectivity index (χ2n) is 23.2. The zero-order valence-corrected chi connectivity index (χ0v) is 49.1. The Balaban J connectivity index is 0.000000330. The molecule has 76 heavy (non-hydrogen) atoms. The van der Waals surface area contributed by atoms with E-state index in [1.165, 1.54) is 80.9 Å². The molecular formula is C67H76Cl2O6Te. The first-order chi connectivity index (χ1) is 36.7. The van der Waals surface area contributed by atoms with E-state index in [1.807, 2.05) is 117 Å². The van der Waals surface area contributed by atoms with Crippen LogP contribution in [-0.4, -0.2) is 52.3 Å². The van der Waals surface area contributed by atoms with Gasteiger partial charge in [-0.1, -0.05) is 82.3 Å². The Kier molecular flexibility index (Phi) is 16.7. The van der Waals surface area contributed by atoms with Crippen LogP contribution in [0.4, 0.5) is 0 Å². The third-order valence-corrected chi connectivity index (χ3v) is 27.8. The Bertz CT molecular complexity index is 2730. The van der Waals surface area contributed by atoms with Crippen LogP contribution in [0.3, 0.4) is 0 Å². The van der Waals surface area contributed by atoms with Gasteiger partial charge in [0.15, 0.2) is 0 Å². The van der Waals surface area contributed by atoms with E-state index >= 15 is 0 Å². The first-order valence-electron chi connectivity index (χ1n) is 28.2. The fourth-order valence-corrected chi connectivity index (χ4v) is 20.7. The van der Waals surface area contributed by atoms with Crippen molar-refractivity contribution in [3.05, 3.63) is 157 Å². The van der Waals surface area contributed by atoms with Gasteiger partial charge in [-0.2, -0.15) is 0 Å². The third-order valence-electron chi connectivity index (χ3n) is 18.2. The summed E-state index contributed by atoms with van der Waals surface area (Å²) in [5.74, 6) is 6.02. The summed E-state index contributed by atoms with van der Waals surface area (Å²) in [6.45, 7) is 12.4. The minimum absolute atomic E-state index is 0.174. The fourth-order valence-electron chi connectivity index (χ4n) is 14.5. The normalized spacial score (nSPS) is 27.6. The van der Waals surface area contributed by atoms with Crippen LogP contribution in [0.5, 0.6) is 11.5 Å². The van der Waals surface area contributed by atoms with Gasteiger partial charge in [0.1, 0.15) is 0 Å². The van der Waals surface area contributed by atoms with Crippen LogP contribution in [0.2, 0.25) is 0 Å². The molecule has 6 aromatic carbocycles.